The number of amides is 1. The van der Waals surface area contributed by atoms with Crippen molar-refractivity contribution in [2.45, 2.75) is 0 Å². The predicted octanol–water partition coefficient (Wildman–Crippen LogP) is 1.89. The highest BCUT2D eigenvalue weighted by molar-refractivity contribution is 5.96. The Morgan fingerprint density at radius 1 is 1.04 bits per heavy atom. The quantitative estimate of drug-likeness (QED) is 0.544. The molecule has 0 aliphatic rings. The zero-order valence-electron chi connectivity index (χ0n) is 13.9. The van der Waals surface area contributed by atoms with Crippen molar-refractivity contribution in [1.29, 1.82) is 0 Å². The average molecular weight is 346 g/mol. The number of hydrazone groups is 1. The molecule has 0 aromatic heterocycles. The fourth-order valence-electron chi connectivity index (χ4n) is 2.08. The monoisotopic (exact) mass is 346 g/mol. The largest absolute Gasteiger partial charge is 0.508 e. The molecule has 0 unspecified atom stereocenters. The van der Waals surface area contributed by atoms with Crippen molar-refractivity contribution in [3.05, 3.63) is 41.5 Å². The molecule has 2 rings (SSSR count). The van der Waals surface area contributed by atoms with Crippen LogP contribution in [0, 0.1) is 0 Å². The summed E-state index contributed by atoms with van der Waals surface area (Å²) in [7, 11) is 4.37. The van der Waals surface area contributed by atoms with E-state index >= 15 is 0 Å². The maximum atomic E-state index is 12.2. The summed E-state index contributed by atoms with van der Waals surface area (Å²) in [6, 6.07) is 7.00. The van der Waals surface area contributed by atoms with Crippen molar-refractivity contribution >= 4 is 12.1 Å². The topological polar surface area (TPSA) is 110 Å². The van der Waals surface area contributed by atoms with Gasteiger partial charge in [0, 0.05) is 17.2 Å². The van der Waals surface area contributed by atoms with Gasteiger partial charge in [-0.05, 0) is 24.3 Å². The lowest BCUT2D eigenvalue weighted by atomic mass is 10.1. The van der Waals surface area contributed by atoms with Gasteiger partial charge in [0.25, 0.3) is 5.91 Å². The van der Waals surface area contributed by atoms with Crippen molar-refractivity contribution < 1.29 is 29.2 Å². The van der Waals surface area contributed by atoms with Gasteiger partial charge in [-0.15, -0.1) is 0 Å². The van der Waals surface area contributed by atoms with Gasteiger partial charge in [0.05, 0.1) is 27.5 Å². The summed E-state index contributed by atoms with van der Waals surface area (Å²) in [6.45, 7) is 0. The Hall–Kier alpha value is -3.42. The van der Waals surface area contributed by atoms with Gasteiger partial charge in [0.2, 0.25) is 5.75 Å². The highest BCUT2D eigenvalue weighted by Gasteiger charge is 2.16. The third-order valence-electron chi connectivity index (χ3n) is 3.31. The third kappa shape index (κ3) is 4.11. The van der Waals surface area contributed by atoms with E-state index in [1.54, 1.807) is 0 Å². The molecule has 0 saturated carbocycles. The second kappa shape index (κ2) is 7.91. The zero-order chi connectivity index (χ0) is 18.4. The van der Waals surface area contributed by atoms with Crippen LogP contribution in [0.2, 0.25) is 0 Å². The van der Waals surface area contributed by atoms with Crippen LogP contribution >= 0.6 is 0 Å². The minimum Gasteiger partial charge on any atom is -0.508 e. The number of nitrogens with zero attached hydrogens (tertiary/aromatic N) is 1. The summed E-state index contributed by atoms with van der Waals surface area (Å²) in [4.78, 5) is 12.2. The van der Waals surface area contributed by atoms with E-state index in [-0.39, 0.29) is 17.1 Å². The lowest BCUT2D eigenvalue weighted by Gasteiger charge is -2.13. The minimum atomic E-state index is -0.506. The summed E-state index contributed by atoms with van der Waals surface area (Å²) in [6.07, 6.45) is 1.25. The molecule has 0 radical (unpaired) electrons. The van der Waals surface area contributed by atoms with E-state index in [4.69, 9.17) is 14.2 Å². The number of aromatic hydroxyl groups is 2. The molecular weight excluding hydrogens is 328 g/mol. The highest BCUT2D eigenvalue weighted by Crippen LogP contribution is 2.38. The Balaban J connectivity index is 2.19. The van der Waals surface area contributed by atoms with Gasteiger partial charge in [0.1, 0.15) is 11.5 Å². The van der Waals surface area contributed by atoms with Crippen LogP contribution in [0.25, 0.3) is 0 Å². The minimum absolute atomic E-state index is 0.0730. The normalized spacial score (nSPS) is 10.5. The Morgan fingerprint density at radius 2 is 1.68 bits per heavy atom. The van der Waals surface area contributed by atoms with E-state index in [0.29, 0.717) is 22.8 Å². The van der Waals surface area contributed by atoms with Gasteiger partial charge < -0.3 is 24.4 Å². The molecule has 0 spiro atoms. The van der Waals surface area contributed by atoms with E-state index in [1.807, 2.05) is 0 Å². The summed E-state index contributed by atoms with van der Waals surface area (Å²) in [5, 5.41) is 22.7. The van der Waals surface area contributed by atoms with Crippen molar-refractivity contribution in [2.75, 3.05) is 21.3 Å². The number of phenolic OH excluding ortho intramolecular Hbond substituents is 2. The van der Waals surface area contributed by atoms with Crippen LogP contribution in [0.15, 0.2) is 35.4 Å². The standard InChI is InChI=1S/C17H18N2O6/c1-23-14-6-11(7-15(24-2)16(14)25-3)17(22)19-18-9-10-4-5-12(20)8-13(10)21/h4-9,20-21H,1-3H3,(H,19,22)/b18-9+. The van der Waals surface area contributed by atoms with Crippen LogP contribution in [0.5, 0.6) is 28.7 Å². The molecule has 2 aromatic rings. The maximum Gasteiger partial charge on any atom is 0.271 e. The molecule has 0 fully saturated rings. The first-order chi connectivity index (χ1) is 12.0. The lowest BCUT2D eigenvalue weighted by molar-refractivity contribution is 0.0954. The smallest absolute Gasteiger partial charge is 0.271 e. The molecule has 0 heterocycles. The van der Waals surface area contributed by atoms with Gasteiger partial charge in [0.15, 0.2) is 11.5 Å². The zero-order valence-corrected chi connectivity index (χ0v) is 13.9. The number of benzene rings is 2. The second-order valence-electron chi connectivity index (χ2n) is 4.86. The van der Waals surface area contributed by atoms with Gasteiger partial charge >= 0.3 is 0 Å². The molecule has 1 amide bonds. The summed E-state index contributed by atoms with van der Waals surface area (Å²) >= 11 is 0. The van der Waals surface area contributed by atoms with Crippen molar-refractivity contribution in [3.63, 3.8) is 0 Å². The number of carbonyl (C=O) groups excluding carboxylic acids is 1. The van der Waals surface area contributed by atoms with E-state index in [1.165, 1.54) is 57.9 Å². The van der Waals surface area contributed by atoms with Crippen LogP contribution in [0.1, 0.15) is 15.9 Å². The Morgan fingerprint density at radius 3 is 2.20 bits per heavy atom. The number of methoxy groups -OCH3 is 3. The van der Waals surface area contributed by atoms with Gasteiger partial charge in [-0.25, -0.2) is 5.43 Å². The first-order valence-electron chi connectivity index (χ1n) is 7.15. The van der Waals surface area contributed by atoms with Crippen LogP contribution in [0.3, 0.4) is 0 Å². The molecule has 0 aliphatic carbocycles. The Labute approximate surface area is 144 Å². The Bertz CT molecular complexity index is 779. The van der Waals surface area contributed by atoms with E-state index in [9.17, 15) is 15.0 Å². The number of hydrogen-bond acceptors (Lipinski definition) is 7. The molecule has 0 saturated heterocycles. The third-order valence-corrected chi connectivity index (χ3v) is 3.31. The molecule has 25 heavy (non-hydrogen) atoms. The second-order valence-corrected chi connectivity index (χ2v) is 4.86. The number of hydrogen-bond donors (Lipinski definition) is 3. The summed E-state index contributed by atoms with van der Waals surface area (Å²) in [5.41, 5.74) is 2.92. The number of ether oxygens (including phenoxy) is 3. The molecule has 8 heteroatoms. The molecule has 0 bridgehead atoms. The maximum absolute atomic E-state index is 12.2. The molecule has 0 atom stereocenters. The van der Waals surface area contributed by atoms with Crippen LogP contribution < -0.4 is 19.6 Å². The van der Waals surface area contributed by atoms with E-state index < -0.39 is 5.91 Å². The van der Waals surface area contributed by atoms with Crippen LogP contribution in [0.4, 0.5) is 0 Å². The molecule has 3 N–H and O–H groups in total. The lowest BCUT2D eigenvalue weighted by Crippen LogP contribution is -2.18. The molecular formula is C17H18N2O6. The van der Waals surface area contributed by atoms with Crippen LogP contribution in [-0.2, 0) is 0 Å². The van der Waals surface area contributed by atoms with Gasteiger partial charge in [-0.3, -0.25) is 4.79 Å². The number of carbonyl (C=O) groups is 1. The molecule has 0 aliphatic heterocycles. The predicted molar refractivity (Wildman–Crippen MR) is 90.9 cm³/mol. The first-order valence-corrected chi connectivity index (χ1v) is 7.15. The van der Waals surface area contributed by atoms with Gasteiger partial charge in [-0.2, -0.15) is 5.10 Å². The summed E-state index contributed by atoms with van der Waals surface area (Å²) in [5.74, 6) is 0.314. The van der Waals surface area contributed by atoms with Crippen molar-refractivity contribution in [1.82, 2.24) is 5.43 Å². The fourth-order valence-corrected chi connectivity index (χ4v) is 2.08. The fraction of sp³-hybridized carbons (Fsp3) is 0.176. The first kappa shape index (κ1) is 17.9. The number of nitrogens with one attached hydrogen (secondary N) is 1. The highest BCUT2D eigenvalue weighted by atomic mass is 16.5. The Kier molecular flexibility index (Phi) is 5.67. The summed E-state index contributed by atoms with van der Waals surface area (Å²) < 4.78 is 15.6. The van der Waals surface area contributed by atoms with Gasteiger partial charge in [-0.1, -0.05) is 0 Å². The molecule has 132 valence electrons. The van der Waals surface area contributed by atoms with Crippen molar-refractivity contribution in [3.8, 4) is 28.7 Å². The van der Waals surface area contributed by atoms with E-state index in [0.717, 1.165) is 0 Å². The molecule has 8 nitrogen and oxygen atoms in total. The van der Waals surface area contributed by atoms with Crippen LogP contribution in [-0.4, -0.2) is 43.7 Å². The SMILES string of the molecule is COc1cc(C(=O)N/N=C/c2ccc(O)cc2O)cc(OC)c1OC. The number of phenols is 2. The van der Waals surface area contributed by atoms with Crippen molar-refractivity contribution in [2.24, 2.45) is 5.10 Å². The number of rotatable bonds is 6. The average Bonchev–Trinajstić information content (AvgIpc) is 2.61. The van der Waals surface area contributed by atoms with E-state index in [2.05, 4.69) is 10.5 Å². The molecule has 2 aromatic carbocycles.